The quantitative estimate of drug-likeness (QED) is 0.814. The van der Waals surface area contributed by atoms with Crippen molar-refractivity contribution in [3.05, 3.63) is 35.4 Å². The van der Waals surface area contributed by atoms with Crippen LogP contribution in [0.1, 0.15) is 25.0 Å². The van der Waals surface area contributed by atoms with Gasteiger partial charge < -0.3 is 11.1 Å². The van der Waals surface area contributed by atoms with Crippen molar-refractivity contribution in [3.8, 4) is 0 Å². The predicted molar refractivity (Wildman–Crippen MR) is 73.0 cm³/mol. The molecule has 3 N–H and O–H groups in total. The Balaban J connectivity index is 1.84. The summed E-state index contributed by atoms with van der Waals surface area (Å²) in [5.74, 6) is 1.36. The number of nitrogens with two attached hydrogens (primary N) is 1. The molecular weight excluding hydrogens is 208 g/mol. The molecule has 1 atom stereocenters. The van der Waals surface area contributed by atoms with E-state index in [-0.39, 0.29) is 0 Å². The summed E-state index contributed by atoms with van der Waals surface area (Å²) >= 11 is 0. The van der Waals surface area contributed by atoms with E-state index in [9.17, 15) is 0 Å². The van der Waals surface area contributed by atoms with Gasteiger partial charge in [0.2, 0.25) is 0 Å². The Bertz CT molecular complexity index is 335. The van der Waals surface area contributed by atoms with Gasteiger partial charge in [0.25, 0.3) is 0 Å². The molecule has 1 aliphatic rings. The highest BCUT2D eigenvalue weighted by molar-refractivity contribution is 5.32. The number of hydrogen-bond acceptors (Lipinski definition) is 2. The van der Waals surface area contributed by atoms with E-state index in [0.717, 1.165) is 19.0 Å². The molecule has 0 spiro atoms. The Kier molecular flexibility index (Phi) is 4.19. The third kappa shape index (κ3) is 3.08. The molecule has 0 fully saturated rings. The minimum absolute atomic E-state index is 0.457. The molecule has 2 heteroatoms. The first-order valence-corrected chi connectivity index (χ1v) is 6.71. The number of fused-ring (bicyclic) bond motifs is 1. The smallest absolute Gasteiger partial charge is 0.0213 e. The second-order valence-corrected chi connectivity index (χ2v) is 5.54. The van der Waals surface area contributed by atoms with E-state index in [2.05, 4.69) is 43.4 Å². The zero-order valence-corrected chi connectivity index (χ0v) is 10.9. The van der Waals surface area contributed by atoms with Crippen molar-refractivity contribution >= 4 is 0 Å². The van der Waals surface area contributed by atoms with Crippen LogP contribution in [0.2, 0.25) is 0 Å². The average Bonchev–Trinajstić information content (AvgIpc) is 2.71. The Labute approximate surface area is 105 Å². The van der Waals surface area contributed by atoms with Gasteiger partial charge in [-0.3, -0.25) is 0 Å². The van der Waals surface area contributed by atoms with Crippen LogP contribution in [-0.2, 0) is 12.8 Å². The third-order valence-corrected chi connectivity index (χ3v) is 3.86. The second-order valence-electron chi connectivity index (χ2n) is 5.54. The van der Waals surface area contributed by atoms with Crippen LogP contribution >= 0.6 is 0 Å². The maximum Gasteiger partial charge on any atom is 0.0213 e. The van der Waals surface area contributed by atoms with E-state index in [0.29, 0.717) is 12.0 Å². The normalized spacial score (nSPS) is 17.4. The first-order chi connectivity index (χ1) is 8.20. The van der Waals surface area contributed by atoms with Crippen LogP contribution in [0.4, 0.5) is 0 Å². The van der Waals surface area contributed by atoms with Crippen molar-refractivity contribution in [1.82, 2.24) is 5.32 Å². The molecule has 0 heterocycles. The van der Waals surface area contributed by atoms with Gasteiger partial charge in [0, 0.05) is 12.6 Å². The number of rotatable bonds is 5. The summed E-state index contributed by atoms with van der Waals surface area (Å²) in [6.45, 7) is 6.29. The summed E-state index contributed by atoms with van der Waals surface area (Å²) in [5.41, 5.74) is 8.85. The zero-order chi connectivity index (χ0) is 12.3. The Morgan fingerprint density at radius 2 is 1.82 bits per heavy atom. The maximum atomic E-state index is 5.78. The molecule has 1 aromatic carbocycles. The van der Waals surface area contributed by atoms with Gasteiger partial charge in [0.05, 0.1) is 0 Å². The molecule has 17 heavy (non-hydrogen) atoms. The Hall–Kier alpha value is -0.860. The van der Waals surface area contributed by atoms with Crippen molar-refractivity contribution in [2.24, 2.45) is 17.6 Å². The molecule has 0 saturated heterocycles. The van der Waals surface area contributed by atoms with Gasteiger partial charge in [-0.05, 0) is 42.3 Å². The molecule has 0 radical (unpaired) electrons. The molecule has 0 amide bonds. The molecule has 94 valence electrons. The molecule has 0 aliphatic heterocycles. The van der Waals surface area contributed by atoms with E-state index in [4.69, 9.17) is 5.73 Å². The van der Waals surface area contributed by atoms with E-state index >= 15 is 0 Å². The van der Waals surface area contributed by atoms with Crippen LogP contribution in [-0.4, -0.2) is 19.1 Å². The lowest BCUT2D eigenvalue weighted by molar-refractivity contribution is 0.371. The van der Waals surface area contributed by atoms with E-state index in [1.807, 2.05) is 0 Å². The second kappa shape index (κ2) is 5.65. The zero-order valence-electron chi connectivity index (χ0n) is 10.9. The lowest BCUT2D eigenvalue weighted by Crippen LogP contribution is -2.42. The first kappa shape index (κ1) is 12.6. The summed E-state index contributed by atoms with van der Waals surface area (Å²) in [4.78, 5) is 0. The van der Waals surface area contributed by atoms with Crippen LogP contribution in [0.3, 0.4) is 0 Å². The van der Waals surface area contributed by atoms with Crippen molar-refractivity contribution < 1.29 is 0 Å². The first-order valence-electron chi connectivity index (χ1n) is 6.71. The number of hydrogen-bond donors (Lipinski definition) is 2. The summed E-state index contributed by atoms with van der Waals surface area (Å²) in [5, 5.41) is 3.62. The summed E-state index contributed by atoms with van der Waals surface area (Å²) in [6.07, 6.45) is 2.44. The minimum Gasteiger partial charge on any atom is -0.329 e. The van der Waals surface area contributed by atoms with Crippen molar-refractivity contribution in [1.29, 1.82) is 0 Å². The van der Waals surface area contributed by atoms with Crippen LogP contribution in [0, 0.1) is 11.8 Å². The number of nitrogens with one attached hydrogen (secondary N) is 1. The van der Waals surface area contributed by atoms with Crippen LogP contribution in [0.5, 0.6) is 0 Å². The highest BCUT2D eigenvalue weighted by Crippen LogP contribution is 2.25. The molecule has 0 aromatic heterocycles. The van der Waals surface area contributed by atoms with Crippen molar-refractivity contribution in [2.75, 3.05) is 13.1 Å². The fraction of sp³-hybridized carbons (Fsp3) is 0.600. The SMILES string of the molecule is CC(C)C(CN)NCC1Cc2ccccc2C1. The molecule has 0 bridgehead atoms. The van der Waals surface area contributed by atoms with Crippen LogP contribution in [0.15, 0.2) is 24.3 Å². The minimum atomic E-state index is 0.457. The van der Waals surface area contributed by atoms with Gasteiger partial charge >= 0.3 is 0 Å². The molecule has 1 aliphatic carbocycles. The predicted octanol–water partition coefficient (Wildman–Crippen LogP) is 1.97. The van der Waals surface area contributed by atoms with Crippen LogP contribution in [0.25, 0.3) is 0 Å². The van der Waals surface area contributed by atoms with E-state index in [1.165, 1.54) is 24.0 Å². The number of benzene rings is 1. The monoisotopic (exact) mass is 232 g/mol. The molecule has 1 unspecified atom stereocenters. The van der Waals surface area contributed by atoms with Gasteiger partial charge in [-0.1, -0.05) is 38.1 Å². The largest absolute Gasteiger partial charge is 0.329 e. The molecule has 2 rings (SSSR count). The van der Waals surface area contributed by atoms with Gasteiger partial charge in [-0.2, -0.15) is 0 Å². The Morgan fingerprint density at radius 1 is 1.24 bits per heavy atom. The summed E-state index contributed by atoms with van der Waals surface area (Å²) in [7, 11) is 0. The highest BCUT2D eigenvalue weighted by atomic mass is 14.9. The van der Waals surface area contributed by atoms with E-state index in [1.54, 1.807) is 0 Å². The maximum absolute atomic E-state index is 5.78. The molecule has 1 aromatic rings. The fourth-order valence-electron chi connectivity index (χ4n) is 2.70. The van der Waals surface area contributed by atoms with Gasteiger partial charge in [-0.15, -0.1) is 0 Å². The van der Waals surface area contributed by atoms with Gasteiger partial charge in [0.15, 0.2) is 0 Å². The van der Waals surface area contributed by atoms with Gasteiger partial charge in [-0.25, -0.2) is 0 Å². The van der Waals surface area contributed by atoms with Crippen molar-refractivity contribution in [2.45, 2.75) is 32.7 Å². The molecular formula is C15H24N2. The average molecular weight is 232 g/mol. The molecule has 2 nitrogen and oxygen atoms in total. The fourth-order valence-corrected chi connectivity index (χ4v) is 2.70. The lowest BCUT2D eigenvalue weighted by atomic mass is 10.0. The highest BCUT2D eigenvalue weighted by Gasteiger charge is 2.21. The lowest BCUT2D eigenvalue weighted by Gasteiger charge is -2.22. The van der Waals surface area contributed by atoms with Crippen LogP contribution < -0.4 is 11.1 Å². The molecule has 0 saturated carbocycles. The summed E-state index contributed by atoms with van der Waals surface area (Å²) < 4.78 is 0. The third-order valence-electron chi connectivity index (χ3n) is 3.86. The van der Waals surface area contributed by atoms with Crippen molar-refractivity contribution in [3.63, 3.8) is 0 Å². The Morgan fingerprint density at radius 3 is 2.29 bits per heavy atom. The van der Waals surface area contributed by atoms with E-state index < -0.39 is 0 Å². The topological polar surface area (TPSA) is 38.0 Å². The van der Waals surface area contributed by atoms with Gasteiger partial charge in [0.1, 0.15) is 0 Å². The standard InChI is InChI=1S/C15H24N2/c1-11(2)15(9-16)17-10-12-7-13-5-3-4-6-14(13)8-12/h3-6,11-12,15,17H,7-10,16H2,1-2H3. The summed E-state index contributed by atoms with van der Waals surface area (Å²) in [6, 6.07) is 9.27.